The molecule has 12 heteroatoms. The molecule has 6 rings (SSSR count). The van der Waals surface area contributed by atoms with E-state index in [1.54, 1.807) is 36.4 Å². The molecule has 0 amide bonds. The second-order valence-electron chi connectivity index (χ2n) is 14.8. The third kappa shape index (κ3) is 10.8. The summed E-state index contributed by atoms with van der Waals surface area (Å²) in [5.41, 5.74) is 11.4. The monoisotopic (exact) mass is 861 g/mol. The summed E-state index contributed by atoms with van der Waals surface area (Å²) in [6.07, 6.45) is 0. The highest BCUT2D eigenvalue weighted by atomic mass is 32.2. The average Bonchev–Trinajstić information content (AvgIpc) is 3.27. The average molecular weight is 862 g/mol. The molecule has 61 heavy (non-hydrogen) atoms. The molecule has 0 fully saturated rings. The fourth-order valence-electron chi connectivity index (χ4n) is 7.62. The first-order valence-electron chi connectivity index (χ1n) is 20.4. The van der Waals surface area contributed by atoms with Crippen molar-refractivity contribution >= 4 is 43.0 Å². The molecule has 6 aromatic rings. The number of benzene rings is 6. The van der Waals surface area contributed by atoms with Crippen LogP contribution in [0.15, 0.2) is 143 Å². The molecule has 0 unspecified atom stereocenters. The van der Waals surface area contributed by atoms with Gasteiger partial charge in [-0.05, 0) is 158 Å². The molecule has 0 heterocycles. The van der Waals surface area contributed by atoms with Gasteiger partial charge >= 0.3 is 0 Å². The largest absolute Gasteiger partial charge is 0.494 e. The minimum atomic E-state index is -3.81. The van der Waals surface area contributed by atoms with Gasteiger partial charge in [-0.25, -0.2) is 0 Å². The number of nitrogens with zero attached hydrogens (tertiary/aromatic N) is 2. The highest BCUT2D eigenvalue weighted by molar-refractivity contribution is 7.87. The first kappa shape index (κ1) is 44.9. The number of hydrogen-bond acceptors (Lipinski definition) is 10. The predicted octanol–water partition coefficient (Wildman–Crippen LogP) is 10.3. The Morgan fingerprint density at radius 2 is 1.00 bits per heavy atom. The van der Waals surface area contributed by atoms with Crippen molar-refractivity contribution in [2.24, 2.45) is 0 Å². The Hall–Kier alpha value is -5.66. The minimum absolute atomic E-state index is 0.0976. The van der Waals surface area contributed by atoms with Crippen LogP contribution in [0.1, 0.15) is 65.6 Å². The minimum Gasteiger partial charge on any atom is -0.494 e. The Labute approximate surface area is 362 Å². The summed E-state index contributed by atoms with van der Waals surface area (Å²) in [6.45, 7) is 13.5. The summed E-state index contributed by atoms with van der Waals surface area (Å²) in [6, 6.07) is 43.4. The Morgan fingerprint density at radius 1 is 0.557 bits per heavy atom. The van der Waals surface area contributed by atoms with Crippen molar-refractivity contribution in [1.29, 1.82) is 0 Å². The summed E-state index contributed by atoms with van der Waals surface area (Å²) >= 11 is 0. The second-order valence-corrected chi connectivity index (χ2v) is 18.2. The van der Waals surface area contributed by atoms with Gasteiger partial charge in [-0.15, -0.1) is 0 Å². The van der Waals surface area contributed by atoms with Crippen LogP contribution >= 0.6 is 0 Å². The lowest BCUT2D eigenvalue weighted by Crippen LogP contribution is -2.23. The molecule has 0 aromatic heterocycles. The van der Waals surface area contributed by atoms with Crippen LogP contribution in [0.3, 0.4) is 0 Å². The molecular weight excluding hydrogens is 807 g/mol. The zero-order chi connectivity index (χ0) is 43.7. The second kappa shape index (κ2) is 19.8. The maximum atomic E-state index is 12.4. The Kier molecular flexibility index (Phi) is 14.6. The molecule has 0 radical (unpaired) electrons. The summed E-state index contributed by atoms with van der Waals surface area (Å²) in [5.74, 6) is 0.733. The maximum absolute atomic E-state index is 12.4. The molecule has 0 atom stereocenters. The molecule has 320 valence electrons. The normalized spacial score (nSPS) is 11.7. The zero-order valence-corrected chi connectivity index (χ0v) is 37.5. The number of hydrogen-bond donors (Lipinski definition) is 1. The van der Waals surface area contributed by atoms with Crippen molar-refractivity contribution in [2.45, 2.75) is 63.4 Å². The molecule has 0 aliphatic rings. The fourth-order valence-corrected chi connectivity index (χ4v) is 9.08. The molecule has 0 saturated heterocycles. The molecule has 1 N–H and O–H groups in total. The van der Waals surface area contributed by atoms with Crippen molar-refractivity contribution in [3.63, 3.8) is 0 Å². The quantitative estimate of drug-likeness (QED) is 0.0624. The van der Waals surface area contributed by atoms with Crippen LogP contribution in [-0.2, 0) is 41.7 Å². The summed E-state index contributed by atoms with van der Waals surface area (Å²) in [7, 11) is -5.28. The lowest BCUT2D eigenvalue weighted by molar-refractivity contribution is 0.340. The number of nitrogens with one attached hydrogen (secondary N) is 1. The molecule has 0 bridgehead atoms. The van der Waals surface area contributed by atoms with Crippen LogP contribution in [0.5, 0.6) is 5.75 Å². The smallest absolute Gasteiger partial charge is 0.296 e. The van der Waals surface area contributed by atoms with Gasteiger partial charge in [-0.1, -0.05) is 48.5 Å². The van der Waals surface area contributed by atoms with Gasteiger partial charge in [-0.2, -0.15) is 16.8 Å². The number of aryl methyl sites for hydroxylation is 2. The van der Waals surface area contributed by atoms with Gasteiger partial charge in [0.05, 0.1) is 30.6 Å². The number of ether oxygens (including phenoxy) is 1. The van der Waals surface area contributed by atoms with E-state index < -0.39 is 20.2 Å². The van der Waals surface area contributed by atoms with E-state index in [4.69, 9.17) is 13.1 Å². The molecule has 0 saturated carbocycles. The van der Waals surface area contributed by atoms with Gasteiger partial charge in [-0.3, -0.25) is 8.37 Å². The van der Waals surface area contributed by atoms with Crippen LogP contribution in [0.25, 0.3) is 0 Å². The van der Waals surface area contributed by atoms with Crippen LogP contribution < -0.4 is 19.9 Å². The van der Waals surface area contributed by atoms with Crippen molar-refractivity contribution in [3.05, 3.63) is 172 Å². The topological polar surface area (TPSA) is 114 Å². The zero-order valence-electron chi connectivity index (χ0n) is 35.9. The van der Waals surface area contributed by atoms with Crippen molar-refractivity contribution in [1.82, 2.24) is 0 Å². The van der Waals surface area contributed by atoms with E-state index in [1.807, 2.05) is 43.3 Å². The van der Waals surface area contributed by atoms with E-state index in [9.17, 15) is 16.8 Å². The Morgan fingerprint density at radius 3 is 1.39 bits per heavy atom. The maximum Gasteiger partial charge on any atom is 0.296 e. The lowest BCUT2D eigenvalue weighted by Gasteiger charge is -2.28. The van der Waals surface area contributed by atoms with Crippen molar-refractivity contribution < 1.29 is 29.9 Å². The summed E-state index contributed by atoms with van der Waals surface area (Å²) < 4.78 is 64.9. The van der Waals surface area contributed by atoms with Crippen LogP contribution in [-0.4, -0.2) is 50.8 Å². The molecule has 10 nitrogen and oxygen atoms in total. The van der Waals surface area contributed by atoms with Gasteiger partial charge in [0.2, 0.25) is 0 Å². The highest BCUT2D eigenvalue weighted by Gasteiger charge is 2.23. The van der Waals surface area contributed by atoms with Gasteiger partial charge in [0.25, 0.3) is 20.2 Å². The van der Waals surface area contributed by atoms with E-state index in [2.05, 4.69) is 103 Å². The van der Waals surface area contributed by atoms with E-state index >= 15 is 0 Å². The SMILES string of the molecule is CCOc1ccc(Nc2ccc(C(c3ccc(N(CC)Cc4cccc(S(=O)(=O)OC)c4)cc3C)c3ccc(N(CC)Cc4cccc(S(=O)(=O)OC)c4)cc3C)cc2)cc1. The Bertz CT molecular complexity index is 2510. The third-order valence-corrected chi connectivity index (χ3v) is 13.4. The first-order chi connectivity index (χ1) is 29.3. The van der Waals surface area contributed by atoms with E-state index in [1.165, 1.54) is 25.3 Å². The molecule has 6 aromatic carbocycles. The third-order valence-electron chi connectivity index (χ3n) is 10.9. The van der Waals surface area contributed by atoms with Crippen molar-refractivity contribution in [3.8, 4) is 5.75 Å². The molecule has 0 spiro atoms. The fraction of sp³-hybridized carbons (Fsp3) is 0.265. The summed E-state index contributed by atoms with van der Waals surface area (Å²) in [4.78, 5) is 4.72. The number of anilines is 4. The molecular formula is C49H55N3O7S2. The molecule has 0 aliphatic heterocycles. The van der Waals surface area contributed by atoms with Gasteiger partial charge < -0.3 is 19.9 Å². The summed E-state index contributed by atoms with van der Waals surface area (Å²) in [5, 5.41) is 3.52. The standard InChI is InChI=1S/C49H55N3O7S2/c1-8-51(33-37-13-11-15-45(31-37)60(53,54)57-6)42-23-27-47(35(4)29-42)49(39-17-19-40(20-18-39)50-41-21-25-44(26-22-41)59-10-3)48-28-24-43(30-36(48)5)52(9-2)34-38-14-12-16-46(32-38)61(55,56)58-7/h11-32,49-50H,8-10,33-34H2,1-7H3. The van der Waals surface area contributed by atoms with E-state index in [0.717, 1.165) is 56.3 Å². The lowest BCUT2D eigenvalue weighted by atomic mass is 9.81. The van der Waals surface area contributed by atoms with Crippen LogP contribution in [0, 0.1) is 13.8 Å². The van der Waals surface area contributed by atoms with E-state index in [-0.39, 0.29) is 15.7 Å². The predicted molar refractivity (Wildman–Crippen MR) is 245 cm³/mol. The highest BCUT2D eigenvalue weighted by Crippen LogP contribution is 2.39. The molecule has 0 aliphatic carbocycles. The van der Waals surface area contributed by atoms with Crippen molar-refractivity contribution in [2.75, 3.05) is 49.0 Å². The van der Waals surface area contributed by atoms with Crippen LogP contribution in [0.2, 0.25) is 0 Å². The first-order valence-corrected chi connectivity index (χ1v) is 23.2. The van der Waals surface area contributed by atoms with Crippen LogP contribution in [0.4, 0.5) is 22.7 Å². The Balaban J connectivity index is 1.34. The number of rotatable bonds is 19. The van der Waals surface area contributed by atoms with Gasteiger partial charge in [0.15, 0.2) is 0 Å². The van der Waals surface area contributed by atoms with Gasteiger partial charge in [0.1, 0.15) is 5.75 Å². The van der Waals surface area contributed by atoms with E-state index in [0.29, 0.717) is 32.8 Å². The van der Waals surface area contributed by atoms with Gasteiger partial charge in [0, 0.05) is 54.8 Å².